The number of thioether (sulfide) groups is 1. The normalized spacial score (nSPS) is 21.4. The van der Waals surface area contributed by atoms with Gasteiger partial charge in [-0.3, -0.25) is 9.59 Å². The number of likely N-dealkylation sites (tertiary alicyclic amines) is 1. The molecular formula is C14H15N3O2S. The molecule has 0 saturated carbocycles. The highest BCUT2D eigenvalue weighted by Crippen LogP contribution is 2.30. The van der Waals surface area contributed by atoms with Crippen molar-refractivity contribution < 1.29 is 4.79 Å². The van der Waals surface area contributed by atoms with Crippen LogP contribution in [0.1, 0.15) is 24.8 Å². The zero-order chi connectivity index (χ0) is 13.9. The Morgan fingerprint density at radius 1 is 1.25 bits per heavy atom. The molecule has 104 valence electrons. The average molecular weight is 289 g/mol. The molecule has 6 heteroatoms. The molecule has 1 fully saturated rings. The first-order valence-corrected chi connectivity index (χ1v) is 7.50. The lowest BCUT2D eigenvalue weighted by molar-refractivity contribution is -0.113. The maximum absolute atomic E-state index is 11.9. The maximum atomic E-state index is 11.9. The number of aromatic nitrogens is 1. The lowest BCUT2D eigenvalue weighted by Gasteiger charge is -2.27. The number of piperidine rings is 1. The van der Waals surface area contributed by atoms with Gasteiger partial charge in [-0.25, -0.2) is 0 Å². The van der Waals surface area contributed by atoms with E-state index in [1.165, 1.54) is 24.2 Å². The van der Waals surface area contributed by atoms with Gasteiger partial charge < -0.3 is 9.88 Å². The van der Waals surface area contributed by atoms with Crippen LogP contribution in [0.25, 0.3) is 6.08 Å². The van der Waals surface area contributed by atoms with Crippen LogP contribution in [0.4, 0.5) is 0 Å². The number of nitrogens with one attached hydrogen (secondary N) is 1. The fourth-order valence-corrected chi connectivity index (χ4v) is 3.26. The summed E-state index contributed by atoms with van der Waals surface area (Å²) in [6, 6.07) is 1.45. The van der Waals surface area contributed by atoms with Gasteiger partial charge in [0.2, 0.25) is 0 Å². The van der Waals surface area contributed by atoms with Gasteiger partial charge in [-0.15, -0.1) is 0 Å². The largest absolute Gasteiger partial charge is 0.367 e. The highest BCUT2D eigenvalue weighted by molar-refractivity contribution is 8.18. The van der Waals surface area contributed by atoms with E-state index in [1.807, 2.05) is 0 Å². The van der Waals surface area contributed by atoms with Gasteiger partial charge in [-0.2, -0.15) is 4.99 Å². The number of H-pyrrole nitrogens is 1. The lowest BCUT2D eigenvalue weighted by atomic mass is 10.1. The molecule has 0 atom stereocenters. The number of aliphatic imine (C=N–C) groups is 1. The smallest absolute Gasteiger partial charge is 0.286 e. The molecule has 2 aliphatic heterocycles. The Kier molecular flexibility index (Phi) is 3.73. The van der Waals surface area contributed by atoms with Crippen molar-refractivity contribution in [2.45, 2.75) is 19.3 Å². The van der Waals surface area contributed by atoms with E-state index < -0.39 is 0 Å². The summed E-state index contributed by atoms with van der Waals surface area (Å²) < 4.78 is 0. The predicted molar refractivity (Wildman–Crippen MR) is 80.5 cm³/mol. The molecule has 0 radical (unpaired) electrons. The number of carbonyl (C=O) groups is 1. The van der Waals surface area contributed by atoms with Gasteiger partial charge in [0, 0.05) is 37.1 Å². The third-order valence-corrected chi connectivity index (χ3v) is 4.42. The molecule has 5 nitrogen and oxygen atoms in total. The Balaban J connectivity index is 1.80. The fourth-order valence-electron chi connectivity index (χ4n) is 2.30. The zero-order valence-corrected chi connectivity index (χ0v) is 11.8. The summed E-state index contributed by atoms with van der Waals surface area (Å²) in [5.41, 5.74) is 0.384. The number of amides is 1. The van der Waals surface area contributed by atoms with Gasteiger partial charge in [-0.05, 0) is 37.1 Å². The van der Waals surface area contributed by atoms with Gasteiger partial charge in [-0.1, -0.05) is 0 Å². The summed E-state index contributed by atoms with van der Waals surface area (Å²) in [4.78, 5) is 33.2. The Bertz CT molecular complexity index is 642. The second-order valence-electron chi connectivity index (χ2n) is 4.82. The van der Waals surface area contributed by atoms with Crippen molar-refractivity contribution in [1.29, 1.82) is 0 Å². The first kappa shape index (κ1) is 13.2. The minimum Gasteiger partial charge on any atom is -0.367 e. The van der Waals surface area contributed by atoms with Crippen LogP contribution in [0.5, 0.6) is 0 Å². The van der Waals surface area contributed by atoms with Crippen molar-refractivity contribution in [2.75, 3.05) is 13.1 Å². The average Bonchev–Trinajstić information content (AvgIpc) is 2.84. The summed E-state index contributed by atoms with van der Waals surface area (Å²) in [7, 11) is 0. The SMILES string of the molecule is O=C1N=C(N2CCCCC2)S/C1=C\c1c[nH]ccc1=O. The second kappa shape index (κ2) is 5.66. The first-order valence-electron chi connectivity index (χ1n) is 6.69. The maximum Gasteiger partial charge on any atom is 0.286 e. The summed E-state index contributed by atoms with van der Waals surface area (Å²) >= 11 is 1.36. The van der Waals surface area contributed by atoms with E-state index in [9.17, 15) is 9.59 Å². The molecule has 1 saturated heterocycles. The van der Waals surface area contributed by atoms with E-state index in [1.54, 1.807) is 18.5 Å². The minimum absolute atomic E-state index is 0.101. The Labute approximate surface area is 120 Å². The molecule has 0 spiro atoms. The predicted octanol–water partition coefficient (Wildman–Crippen LogP) is 1.83. The third-order valence-electron chi connectivity index (χ3n) is 3.38. The summed E-state index contributed by atoms with van der Waals surface area (Å²) in [5, 5.41) is 0.772. The van der Waals surface area contributed by atoms with Crippen molar-refractivity contribution in [1.82, 2.24) is 9.88 Å². The summed E-state index contributed by atoms with van der Waals surface area (Å²) in [6.07, 6.45) is 8.32. The van der Waals surface area contributed by atoms with Crippen molar-refractivity contribution in [3.05, 3.63) is 39.2 Å². The van der Waals surface area contributed by atoms with Crippen molar-refractivity contribution in [2.24, 2.45) is 4.99 Å². The number of nitrogens with zero attached hydrogens (tertiary/aromatic N) is 2. The van der Waals surface area contributed by atoms with E-state index >= 15 is 0 Å². The van der Waals surface area contributed by atoms with Crippen LogP contribution in [0.15, 0.2) is 33.2 Å². The van der Waals surface area contributed by atoms with Gasteiger partial charge in [0.25, 0.3) is 5.91 Å². The van der Waals surface area contributed by atoms with E-state index in [2.05, 4.69) is 14.9 Å². The molecule has 1 aromatic heterocycles. The third kappa shape index (κ3) is 2.70. The fraction of sp³-hybridized carbons (Fsp3) is 0.357. The summed E-state index contributed by atoms with van der Waals surface area (Å²) in [5.74, 6) is -0.251. The minimum atomic E-state index is -0.251. The standard InChI is InChI=1S/C14H15N3O2S/c18-11-4-5-15-9-10(11)8-12-13(19)16-14(20-12)17-6-2-1-3-7-17/h4-5,8-9H,1-3,6-7H2,(H,15,18)/b12-8-. The molecule has 0 aliphatic carbocycles. The molecule has 2 aliphatic rings. The van der Waals surface area contributed by atoms with Crippen LogP contribution in [-0.2, 0) is 4.79 Å². The number of carbonyl (C=O) groups excluding carboxylic acids is 1. The van der Waals surface area contributed by atoms with Gasteiger partial charge in [0.05, 0.1) is 4.91 Å². The molecule has 0 bridgehead atoms. The van der Waals surface area contributed by atoms with E-state index in [4.69, 9.17) is 0 Å². The second-order valence-corrected chi connectivity index (χ2v) is 5.83. The number of hydrogen-bond donors (Lipinski definition) is 1. The molecule has 1 N–H and O–H groups in total. The quantitative estimate of drug-likeness (QED) is 0.801. The topological polar surface area (TPSA) is 65.5 Å². The zero-order valence-electron chi connectivity index (χ0n) is 11.0. The van der Waals surface area contributed by atoms with Crippen molar-refractivity contribution >= 4 is 28.9 Å². The number of aromatic amines is 1. The number of hydrogen-bond acceptors (Lipinski definition) is 4. The molecule has 3 heterocycles. The molecule has 3 rings (SSSR count). The Hall–Kier alpha value is -1.82. The molecule has 20 heavy (non-hydrogen) atoms. The van der Waals surface area contributed by atoms with Crippen LogP contribution < -0.4 is 5.43 Å². The highest BCUT2D eigenvalue weighted by Gasteiger charge is 2.26. The lowest BCUT2D eigenvalue weighted by Crippen LogP contribution is -2.33. The van der Waals surface area contributed by atoms with Crippen LogP contribution in [0.2, 0.25) is 0 Å². The highest BCUT2D eigenvalue weighted by atomic mass is 32.2. The molecular weight excluding hydrogens is 274 g/mol. The number of pyridine rings is 1. The first-order chi connectivity index (χ1) is 9.74. The van der Waals surface area contributed by atoms with E-state index in [0.29, 0.717) is 10.5 Å². The molecule has 1 aromatic rings. The molecule has 1 amide bonds. The summed E-state index contributed by atoms with van der Waals surface area (Å²) in [6.45, 7) is 1.91. The van der Waals surface area contributed by atoms with Gasteiger partial charge in [0.15, 0.2) is 10.6 Å². The van der Waals surface area contributed by atoms with Crippen LogP contribution in [-0.4, -0.2) is 34.0 Å². The number of amidine groups is 1. The van der Waals surface area contributed by atoms with Crippen LogP contribution >= 0.6 is 11.8 Å². The molecule has 0 aromatic carbocycles. The van der Waals surface area contributed by atoms with Gasteiger partial charge >= 0.3 is 0 Å². The Morgan fingerprint density at radius 2 is 2.05 bits per heavy atom. The van der Waals surface area contributed by atoms with Crippen molar-refractivity contribution in [3.63, 3.8) is 0 Å². The number of rotatable bonds is 1. The monoisotopic (exact) mass is 289 g/mol. The van der Waals surface area contributed by atoms with Crippen LogP contribution in [0, 0.1) is 0 Å². The molecule has 0 unspecified atom stereocenters. The van der Waals surface area contributed by atoms with Gasteiger partial charge in [0.1, 0.15) is 0 Å². The van der Waals surface area contributed by atoms with Crippen LogP contribution in [0.3, 0.4) is 0 Å². The van der Waals surface area contributed by atoms with Crippen molar-refractivity contribution in [3.8, 4) is 0 Å². The van der Waals surface area contributed by atoms with E-state index in [-0.39, 0.29) is 11.3 Å². The van der Waals surface area contributed by atoms with E-state index in [0.717, 1.165) is 31.1 Å². The Morgan fingerprint density at radius 3 is 2.80 bits per heavy atom.